The molecule has 0 aliphatic heterocycles. The van der Waals surface area contributed by atoms with Gasteiger partial charge in [-0.25, -0.2) is 4.79 Å². The largest absolute Gasteiger partial charge is 0.490 e. The Bertz CT molecular complexity index is 414. The van der Waals surface area contributed by atoms with Gasteiger partial charge in [0.1, 0.15) is 5.75 Å². The number of carbonyl (C=O) groups is 1. The monoisotopic (exact) mass is 248 g/mol. The van der Waals surface area contributed by atoms with Gasteiger partial charge >= 0.3 is 5.97 Å². The van der Waals surface area contributed by atoms with Crippen molar-refractivity contribution in [2.75, 3.05) is 0 Å². The minimum Gasteiger partial charge on any atom is -0.490 e. The molecule has 1 aliphatic rings. The summed E-state index contributed by atoms with van der Waals surface area (Å²) in [5, 5.41) is 8.94. The van der Waals surface area contributed by atoms with Crippen LogP contribution in [-0.4, -0.2) is 17.2 Å². The van der Waals surface area contributed by atoms with Crippen LogP contribution in [0.5, 0.6) is 5.75 Å². The van der Waals surface area contributed by atoms with E-state index in [0.717, 1.165) is 18.8 Å². The SMILES string of the molecule is CCC1CCCC(Oc2cccc(C(=O)O)c2)C1. The van der Waals surface area contributed by atoms with Crippen LogP contribution in [0.3, 0.4) is 0 Å². The van der Waals surface area contributed by atoms with E-state index in [4.69, 9.17) is 9.84 Å². The van der Waals surface area contributed by atoms with Gasteiger partial charge < -0.3 is 9.84 Å². The van der Waals surface area contributed by atoms with Crippen LogP contribution in [0.25, 0.3) is 0 Å². The average molecular weight is 248 g/mol. The van der Waals surface area contributed by atoms with Crippen LogP contribution < -0.4 is 4.74 Å². The third-order valence-corrected chi connectivity index (χ3v) is 3.70. The number of ether oxygens (including phenoxy) is 1. The minimum absolute atomic E-state index is 0.243. The van der Waals surface area contributed by atoms with Gasteiger partial charge in [-0.3, -0.25) is 0 Å². The highest BCUT2D eigenvalue weighted by atomic mass is 16.5. The van der Waals surface area contributed by atoms with Crippen molar-refractivity contribution in [2.24, 2.45) is 5.92 Å². The number of rotatable bonds is 4. The molecule has 1 aromatic carbocycles. The van der Waals surface area contributed by atoms with Crippen molar-refractivity contribution in [2.45, 2.75) is 45.1 Å². The summed E-state index contributed by atoms with van der Waals surface area (Å²) in [6, 6.07) is 6.77. The van der Waals surface area contributed by atoms with Crippen LogP contribution >= 0.6 is 0 Å². The maximum Gasteiger partial charge on any atom is 0.335 e. The van der Waals surface area contributed by atoms with Gasteiger partial charge in [-0.1, -0.05) is 25.8 Å². The first kappa shape index (κ1) is 12.9. The maximum atomic E-state index is 10.9. The van der Waals surface area contributed by atoms with Gasteiger partial charge in [0.2, 0.25) is 0 Å². The first-order valence-corrected chi connectivity index (χ1v) is 6.69. The van der Waals surface area contributed by atoms with Crippen LogP contribution in [-0.2, 0) is 0 Å². The quantitative estimate of drug-likeness (QED) is 0.883. The van der Waals surface area contributed by atoms with E-state index in [0.29, 0.717) is 5.75 Å². The van der Waals surface area contributed by atoms with Crippen LogP contribution in [0.2, 0.25) is 0 Å². The van der Waals surface area contributed by atoms with Crippen LogP contribution in [0.15, 0.2) is 24.3 Å². The average Bonchev–Trinajstić information content (AvgIpc) is 2.39. The number of carboxylic acids is 1. The van der Waals surface area contributed by atoms with Gasteiger partial charge in [0.15, 0.2) is 0 Å². The van der Waals surface area contributed by atoms with Crippen molar-refractivity contribution in [3.8, 4) is 5.75 Å². The molecule has 0 saturated heterocycles. The highest BCUT2D eigenvalue weighted by molar-refractivity contribution is 5.87. The Hall–Kier alpha value is -1.51. The van der Waals surface area contributed by atoms with E-state index < -0.39 is 5.97 Å². The fourth-order valence-corrected chi connectivity index (χ4v) is 2.61. The van der Waals surface area contributed by atoms with Crippen LogP contribution in [0.1, 0.15) is 49.4 Å². The summed E-state index contributed by atoms with van der Waals surface area (Å²) >= 11 is 0. The summed E-state index contributed by atoms with van der Waals surface area (Å²) < 4.78 is 5.91. The minimum atomic E-state index is -0.907. The Morgan fingerprint density at radius 1 is 1.44 bits per heavy atom. The second-order valence-corrected chi connectivity index (χ2v) is 5.01. The van der Waals surface area contributed by atoms with Gasteiger partial charge in [0.05, 0.1) is 11.7 Å². The molecule has 1 fully saturated rings. The Morgan fingerprint density at radius 3 is 3.00 bits per heavy atom. The second kappa shape index (κ2) is 5.89. The Kier molecular flexibility index (Phi) is 4.24. The molecule has 2 rings (SSSR count). The topological polar surface area (TPSA) is 46.5 Å². The van der Waals surface area contributed by atoms with Crippen molar-refractivity contribution < 1.29 is 14.6 Å². The lowest BCUT2D eigenvalue weighted by Gasteiger charge is -2.29. The van der Waals surface area contributed by atoms with Gasteiger partial charge in [0.25, 0.3) is 0 Å². The molecule has 1 saturated carbocycles. The summed E-state index contributed by atoms with van der Waals surface area (Å²) in [4.78, 5) is 10.9. The molecular weight excluding hydrogens is 228 g/mol. The molecule has 1 aromatic rings. The number of aromatic carboxylic acids is 1. The third-order valence-electron chi connectivity index (χ3n) is 3.70. The summed E-state index contributed by atoms with van der Waals surface area (Å²) in [6.45, 7) is 2.22. The smallest absolute Gasteiger partial charge is 0.335 e. The molecule has 1 N–H and O–H groups in total. The highest BCUT2D eigenvalue weighted by Crippen LogP contribution is 2.29. The molecule has 2 atom stereocenters. The molecule has 0 bridgehead atoms. The lowest BCUT2D eigenvalue weighted by molar-refractivity contribution is 0.0695. The predicted molar refractivity (Wildman–Crippen MR) is 70.1 cm³/mol. The molecular formula is C15H20O3. The molecule has 1 aliphatic carbocycles. The van der Waals surface area contributed by atoms with Crippen molar-refractivity contribution in [3.05, 3.63) is 29.8 Å². The van der Waals surface area contributed by atoms with Crippen molar-refractivity contribution >= 4 is 5.97 Å². The first-order valence-electron chi connectivity index (χ1n) is 6.69. The molecule has 98 valence electrons. The van der Waals surface area contributed by atoms with Crippen LogP contribution in [0.4, 0.5) is 0 Å². The standard InChI is InChI=1S/C15H20O3/c1-2-11-5-3-7-13(9-11)18-14-8-4-6-12(10-14)15(16)17/h4,6,8,10-11,13H,2-3,5,7,9H2,1H3,(H,16,17). The molecule has 2 unspecified atom stereocenters. The lowest BCUT2D eigenvalue weighted by Crippen LogP contribution is -2.25. The number of hydrogen-bond acceptors (Lipinski definition) is 2. The normalized spacial score (nSPS) is 23.6. The van der Waals surface area contributed by atoms with E-state index in [1.165, 1.54) is 19.3 Å². The molecule has 0 radical (unpaired) electrons. The van der Waals surface area contributed by atoms with Gasteiger partial charge in [-0.2, -0.15) is 0 Å². The third kappa shape index (κ3) is 3.25. The second-order valence-electron chi connectivity index (χ2n) is 5.01. The molecule has 3 heteroatoms. The first-order chi connectivity index (χ1) is 8.69. The number of benzene rings is 1. The fraction of sp³-hybridized carbons (Fsp3) is 0.533. The van der Waals surface area contributed by atoms with Gasteiger partial charge in [0, 0.05) is 0 Å². The lowest BCUT2D eigenvalue weighted by atomic mass is 9.85. The van der Waals surface area contributed by atoms with Crippen molar-refractivity contribution in [1.29, 1.82) is 0 Å². The zero-order valence-electron chi connectivity index (χ0n) is 10.8. The van der Waals surface area contributed by atoms with Crippen molar-refractivity contribution in [3.63, 3.8) is 0 Å². The number of hydrogen-bond donors (Lipinski definition) is 1. The highest BCUT2D eigenvalue weighted by Gasteiger charge is 2.22. The van der Waals surface area contributed by atoms with E-state index in [2.05, 4.69) is 6.92 Å². The van der Waals surface area contributed by atoms with Crippen molar-refractivity contribution in [1.82, 2.24) is 0 Å². The number of carboxylic acid groups (broad SMARTS) is 1. The predicted octanol–water partition coefficient (Wildman–Crippen LogP) is 3.73. The summed E-state index contributed by atoms with van der Waals surface area (Å²) in [5.41, 5.74) is 0.287. The Labute approximate surface area is 108 Å². The Morgan fingerprint density at radius 2 is 2.28 bits per heavy atom. The molecule has 3 nitrogen and oxygen atoms in total. The zero-order chi connectivity index (χ0) is 13.0. The molecule has 18 heavy (non-hydrogen) atoms. The molecule has 0 aromatic heterocycles. The summed E-state index contributed by atoms with van der Waals surface area (Å²) in [5.74, 6) is 0.526. The van der Waals surface area contributed by atoms with Gasteiger partial charge in [-0.15, -0.1) is 0 Å². The van der Waals surface area contributed by atoms with E-state index in [1.807, 2.05) is 6.07 Å². The van der Waals surface area contributed by atoms with E-state index in [1.54, 1.807) is 18.2 Å². The zero-order valence-corrected chi connectivity index (χ0v) is 10.8. The molecule has 0 amide bonds. The van der Waals surface area contributed by atoms with E-state index in [9.17, 15) is 4.79 Å². The summed E-state index contributed by atoms with van der Waals surface area (Å²) in [6.07, 6.45) is 6.12. The van der Waals surface area contributed by atoms with E-state index in [-0.39, 0.29) is 11.7 Å². The Balaban J connectivity index is 2.00. The maximum absolute atomic E-state index is 10.9. The molecule has 0 spiro atoms. The fourth-order valence-electron chi connectivity index (χ4n) is 2.61. The van der Waals surface area contributed by atoms with Crippen LogP contribution in [0, 0.1) is 5.92 Å². The van der Waals surface area contributed by atoms with Gasteiger partial charge in [-0.05, 0) is 43.4 Å². The summed E-state index contributed by atoms with van der Waals surface area (Å²) in [7, 11) is 0. The molecule has 0 heterocycles. The van der Waals surface area contributed by atoms with E-state index >= 15 is 0 Å².